The van der Waals surface area contributed by atoms with E-state index in [0.717, 1.165) is 42.9 Å². The van der Waals surface area contributed by atoms with Gasteiger partial charge in [-0.1, -0.05) is 34.1 Å². The van der Waals surface area contributed by atoms with Crippen molar-refractivity contribution in [2.45, 2.75) is 0 Å². The van der Waals surface area contributed by atoms with Crippen LogP contribution >= 0.6 is 27.3 Å². The Kier molecular flexibility index (Phi) is 4.38. The zero-order chi connectivity index (χ0) is 18.3. The lowest BCUT2D eigenvalue weighted by molar-refractivity contribution is 1.13. The fourth-order valence-corrected chi connectivity index (χ4v) is 3.89. The molecule has 0 atom stereocenters. The third-order valence-corrected chi connectivity index (χ3v) is 5.63. The molecule has 2 heterocycles. The molecule has 0 fully saturated rings. The van der Waals surface area contributed by atoms with Crippen LogP contribution in [0.25, 0.3) is 32.7 Å². The van der Waals surface area contributed by atoms with E-state index in [0.29, 0.717) is 5.82 Å². The number of hydrogen-bond donors (Lipinski definition) is 1. The van der Waals surface area contributed by atoms with Crippen molar-refractivity contribution in [3.05, 3.63) is 58.4 Å². The largest absolute Gasteiger partial charge is 0.383 e. The fraction of sp³-hybridized carbons (Fsp3) is 0.100. The van der Waals surface area contributed by atoms with Gasteiger partial charge >= 0.3 is 0 Å². The lowest BCUT2D eigenvalue weighted by atomic mass is 10.1. The van der Waals surface area contributed by atoms with Gasteiger partial charge in [-0.25, -0.2) is 9.97 Å². The van der Waals surface area contributed by atoms with Crippen molar-refractivity contribution in [3.63, 3.8) is 0 Å². The summed E-state index contributed by atoms with van der Waals surface area (Å²) in [6, 6.07) is 16.4. The number of rotatable bonds is 3. The average Bonchev–Trinajstić information content (AvgIpc) is 3.11. The van der Waals surface area contributed by atoms with E-state index in [1.807, 2.05) is 44.4 Å². The number of anilines is 2. The Morgan fingerprint density at radius 2 is 1.77 bits per heavy atom. The highest BCUT2D eigenvalue weighted by atomic mass is 79.9. The van der Waals surface area contributed by atoms with Crippen LogP contribution in [0, 0.1) is 0 Å². The molecule has 0 radical (unpaired) electrons. The SMILES string of the molecule is CN(C)c1ccc2cc(-c3nc(-c4ccc(Br)cc4)cs3)c(N)nc2c1. The lowest BCUT2D eigenvalue weighted by Crippen LogP contribution is -2.08. The first-order chi connectivity index (χ1) is 12.5. The van der Waals surface area contributed by atoms with Crippen LogP contribution in [0.2, 0.25) is 0 Å². The molecule has 0 aliphatic heterocycles. The minimum atomic E-state index is 0.505. The smallest absolute Gasteiger partial charge is 0.134 e. The van der Waals surface area contributed by atoms with Crippen molar-refractivity contribution in [1.82, 2.24) is 9.97 Å². The maximum atomic E-state index is 6.25. The first-order valence-electron chi connectivity index (χ1n) is 8.11. The molecule has 130 valence electrons. The summed E-state index contributed by atoms with van der Waals surface area (Å²) in [5.74, 6) is 0.505. The Hall–Kier alpha value is -2.44. The average molecular weight is 425 g/mol. The van der Waals surface area contributed by atoms with Crippen LogP contribution in [-0.4, -0.2) is 24.1 Å². The molecule has 0 unspecified atom stereocenters. The molecule has 0 spiro atoms. The summed E-state index contributed by atoms with van der Waals surface area (Å²) in [6.07, 6.45) is 0. The maximum Gasteiger partial charge on any atom is 0.134 e. The van der Waals surface area contributed by atoms with Gasteiger partial charge in [-0.2, -0.15) is 0 Å². The molecule has 0 aliphatic carbocycles. The normalized spacial score (nSPS) is 11.0. The van der Waals surface area contributed by atoms with Gasteiger partial charge < -0.3 is 10.6 Å². The molecule has 0 bridgehead atoms. The number of nitrogens with two attached hydrogens (primary N) is 1. The Labute approximate surface area is 164 Å². The number of thiazole rings is 1. The van der Waals surface area contributed by atoms with Gasteiger partial charge in [0.05, 0.1) is 16.8 Å². The summed E-state index contributed by atoms with van der Waals surface area (Å²) in [6.45, 7) is 0. The second kappa shape index (κ2) is 6.70. The first-order valence-corrected chi connectivity index (χ1v) is 9.78. The second-order valence-electron chi connectivity index (χ2n) is 6.24. The van der Waals surface area contributed by atoms with Crippen LogP contribution < -0.4 is 10.6 Å². The summed E-state index contributed by atoms with van der Waals surface area (Å²) >= 11 is 5.04. The Balaban J connectivity index is 1.76. The molecule has 2 aromatic heterocycles. The van der Waals surface area contributed by atoms with Gasteiger partial charge in [0.15, 0.2) is 0 Å². The standard InChI is InChI=1S/C20H17BrN4S/c1-25(2)15-8-5-13-9-16(19(22)23-17(13)10-15)20-24-18(11-26-20)12-3-6-14(21)7-4-12/h3-11H,1-2H3,(H2,22,23). The van der Waals surface area contributed by atoms with Crippen molar-refractivity contribution < 1.29 is 0 Å². The molecule has 2 aromatic carbocycles. The Bertz CT molecular complexity index is 1090. The van der Waals surface area contributed by atoms with Crippen LogP contribution in [-0.2, 0) is 0 Å². The van der Waals surface area contributed by atoms with Crippen molar-refractivity contribution in [1.29, 1.82) is 0 Å². The molecule has 0 aliphatic rings. The van der Waals surface area contributed by atoms with E-state index < -0.39 is 0 Å². The molecule has 2 N–H and O–H groups in total. The molecular formula is C20H17BrN4S. The highest BCUT2D eigenvalue weighted by Crippen LogP contribution is 2.34. The number of aromatic nitrogens is 2. The number of halogens is 1. The van der Waals surface area contributed by atoms with Gasteiger partial charge in [0.1, 0.15) is 10.8 Å². The van der Waals surface area contributed by atoms with Crippen LogP contribution in [0.15, 0.2) is 58.4 Å². The lowest BCUT2D eigenvalue weighted by Gasteiger charge is -2.13. The van der Waals surface area contributed by atoms with Crippen LogP contribution in [0.1, 0.15) is 0 Å². The zero-order valence-corrected chi connectivity index (χ0v) is 16.8. The van der Waals surface area contributed by atoms with Crippen molar-refractivity contribution in [3.8, 4) is 21.8 Å². The number of hydrogen-bond acceptors (Lipinski definition) is 5. The van der Waals surface area contributed by atoms with Gasteiger partial charge in [-0.05, 0) is 30.3 Å². The molecular weight excluding hydrogens is 408 g/mol. The summed E-state index contributed by atoms with van der Waals surface area (Å²) in [7, 11) is 4.02. The molecule has 4 rings (SSSR count). The second-order valence-corrected chi connectivity index (χ2v) is 8.01. The third-order valence-electron chi connectivity index (χ3n) is 4.22. The zero-order valence-electron chi connectivity index (χ0n) is 14.4. The molecule has 0 amide bonds. The number of nitrogen functional groups attached to an aromatic ring is 1. The minimum Gasteiger partial charge on any atom is -0.383 e. The third kappa shape index (κ3) is 3.18. The van der Waals surface area contributed by atoms with Gasteiger partial charge in [0.25, 0.3) is 0 Å². The van der Waals surface area contributed by atoms with Gasteiger partial charge in [0, 0.05) is 40.6 Å². The highest BCUT2D eigenvalue weighted by Gasteiger charge is 2.12. The maximum absolute atomic E-state index is 6.25. The Morgan fingerprint density at radius 3 is 2.50 bits per heavy atom. The summed E-state index contributed by atoms with van der Waals surface area (Å²) < 4.78 is 1.05. The van der Waals surface area contributed by atoms with Crippen LogP contribution in [0.4, 0.5) is 11.5 Å². The number of pyridine rings is 1. The molecule has 0 saturated heterocycles. The summed E-state index contributed by atoms with van der Waals surface area (Å²) in [5.41, 5.74) is 11.1. The topological polar surface area (TPSA) is 55.0 Å². The predicted molar refractivity (Wildman–Crippen MR) is 115 cm³/mol. The van der Waals surface area contributed by atoms with Gasteiger partial charge in [-0.15, -0.1) is 11.3 Å². The van der Waals surface area contributed by atoms with Gasteiger partial charge in [-0.3, -0.25) is 0 Å². The predicted octanol–water partition coefficient (Wildman–Crippen LogP) is 5.44. The number of benzene rings is 2. The van der Waals surface area contributed by atoms with E-state index in [2.05, 4.69) is 49.4 Å². The monoisotopic (exact) mass is 424 g/mol. The van der Waals surface area contributed by atoms with Crippen molar-refractivity contribution in [2.75, 3.05) is 24.7 Å². The minimum absolute atomic E-state index is 0.505. The van der Waals surface area contributed by atoms with Crippen molar-refractivity contribution >= 4 is 49.7 Å². The van der Waals surface area contributed by atoms with Crippen molar-refractivity contribution in [2.24, 2.45) is 0 Å². The van der Waals surface area contributed by atoms with E-state index in [1.54, 1.807) is 11.3 Å². The quantitative estimate of drug-likeness (QED) is 0.475. The summed E-state index contributed by atoms with van der Waals surface area (Å²) in [4.78, 5) is 11.4. The summed E-state index contributed by atoms with van der Waals surface area (Å²) in [5, 5.41) is 3.99. The van der Waals surface area contributed by atoms with Gasteiger partial charge in [0.2, 0.25) is 0 Å². The van der Waals surface area contributed by atoms with E-state index >= 15 is 0 Å². The fourth-order valence-electron chi connectivity index (χ4n) is 2.77. The molecule has 0 saturated carbocycles. The number of fused-ring (bicyclic) bond motifs is 1. The van der Waals surface area contributed by atoms with E-state index in [9.17, 15) is 0 Å². The molecule has 26 heavy (non-hydrogen) atoms. The van der Waals surface area contributed by atoms with E-state index in [4.69, 9.17) is 10.7 Å². The first kappa shape index (κ1) is 17.0. The van der Waals surface area contributed by atoms with Crippen LogP contribution in [0.3, 0.4) is 0 Å². The van der Waals surface area contributed by atoms with E-state index in [-0.39, 0.29) is 0 Å². The number of nitrogens with zero attached hydrogens (tertiary/aromatic N) is 3. The van der Waals surface area contributed by atoms with Crippen LogP contribution in [0.5, 0.6) is 0 Å². The van der Waals surface area contributed by atoms with E-state index in [1.165, 1.54) is 0 Å². The molecule has 4 aromatic rings. The molecule has 6 heteroatoms. The highest BCUT2D eigenvalue weighted by molar-refractivity contribution is 9.10. The molecule has 4 nitrogen and oxygen atoms in total. The Morgan fingerprint density at radius 1 is 1.00 bits per heavy atom.